The van der Waals surface area contributed by atoms with Gasteiger partial charge in [0.15, 0.2) is 0 Å². The highest BCUT2D eigenvalue weighted by Crippen LogP contribution is 2.32. The first-order valence-corrected chi connectivity index (χ1v) is 9.56. The van der Waals surface area contributed by atoms with Crippen LogP contribution in [-0.2, 0) is 14.3 Å². The second kappa shape index (κ2) is 4.06. The zero-order valence-corrected chi connectivity index (χ0v) is 10.8. The Kier molecular flexibility index (Phi) is 3.44. The topological polar surface area (TPSA) is 43.4 Å². The number of hydrogen-bond donors (Lipinski definition) is 0. The largest absolute Gasteiger partial charge is 0.534 e. The van der Waals surface area contributed by atoms with Gasteiger partial charge in [0.1, 0.15) is 5.76 Å². The van der Waals surface area contributed by atoms with E-state index in [0.717, 1.165) is 6.04 Å². The van der Waals surface area contributed by atoms with Gasteiger partial charge >= 0.3 is 15.6 Å². The van der Waals surface area contributed by atoms with Gasteiger partial charge in [0, 0.05) is 6.42 Å². The number of allylic oxidation sites excluding steroid dienone is 2. The van der Waals surface area contributed by atoms with Gasteiger partial charge < -0.3 is 4.18 Å². The van der Waals surface area contributed by atoms with Crippen LogP contribution in [0.2, 0.25) is 25.2 Å². The maximum atomic E-state index is 12.0. The van der Waals surface area contributed by atoms with Gasteiger partial charge in [0.05, 0.1) is 8.07 Å². The molecule has 8 heteroatoms. The Hall–Kier alpha value is -0.503. The van der Waals surface area contributed by atoms with Gasteiger partial charge in [-0.3, -0.25) is 0 Å². The van der Waals surface area contributed by atoms with Gasteiger partial charge in [-0.1, -0.05) is 19.1 Å². The Morgan fingerprint density at radius 2 is 1.94 bits per heavy atom. The van der Waals surface area contributed by atoms with Crippen molar-refractivity contribution in [1.82, 2.24) is 0 Å². The number of halogens is 3. The average molecular weight is 274 g/mol. The Labute approximate surface area is 93.4 Å². The minimum absolute atomic E-state index is 0.0795. The van der Waals surface area contributed by atoms with Crippen LogP contribution in [0, 0.1) is 0 Å². The molecule has 0 amide bonds. The fourth-order valence-corrected chi connectivity index (χ4v) is 3.75. The van der Waals surface area contributed by atoms with Crippen LogP contribution in [0.15, 0.2) is 11.8 Å². The molecule has 0 N–H and O–H groups in total. The summed E-state index contributed by atoms with van der Waals surface area (Å²) in [5, 5.41) is 0. The lowest BCUT2D eigenvalue weighted by Crippen LogP contribution is -2.30. The van der Waals surface area contributed by atoms with Crippen LogP contribution >= 0.6 is 0 Å². The fourth-order valence-electron chi connectivity index (χ4n) is 1.32. The third-order valence-electron chi connectivity index (χ3n) is 2.43. The van der Waals surface area contributed by atoms with Gasteiger partial charge in [0.2, 0.25) is 0 Å². The maximum absolute atomic E-state index is 12.0. The van der Waals surface area contributed by atoms with Crippen LogP contribution in [0.25, 0.3) is 0 Å². The molecule has 0 spiro atoms. The normalized spacial score (nSPS) is 21.4. The highest BCUT2D eigenvalue weighted by atomic mass is 32.2. The van der Waals surface area contributed by atoms with Crippen molar-refractivity contribution in [3.63, 3.8) is 0 Å². The van der Waals surface area contributed by atoms with Gasteiger partial charge in [-0.05, 0) is 12.1 Å². The first-order valence-electron chi connectivity index (χ1n) is 4.73. The fraction of sp³-hybridized carbons (Fsp3) is 0.750. The molecule has 94 valence electrons. The lowest BCUT2D eigenvalue weighted by atomic mass is 10.4. The first-order chi connectivity index (χ1) is 7.04. The third kappa shape index (κ3) is 3.24. The summed E-state index contributed by atoms with van der Waals surface area (Å²) >= 11 is 0. The monoisotopic (exact) mass is 274 g/mol. The van der Waals surface area contributed by atoms with Crippen molar-refractivity contribution in [2.24, 2.45) is 0 Å². The molecule has 1 heterocycles. The molecule has 1 rings (SSSR count). The van der Waals surface area contributed by atoms with Crippen molar-refractivity contribution in [3.8, 4) is 0 Å². The van der Waals surface area contributed by atoms with Crippen molar-refractivity contribution in [2.45, 2.75) is 37.1 Å². The molecule has 1 aliphatic heterocycles. The van der Waals surface area contributed by atoms with E-state index in [9.17, 15) is 21.6 Å². The van der Waals surface area contributed by atoms with Crippen LogP contribution in [0.3, 0.4) is 0 Å². The van der Waals surface area contributed by atoms with Crippen molar-refractivity contribution >= 4 is 18.2 Å². The van der Waals surface area contributed by atoms with E-state index in [4.69, 9.17) is 0 Å². The van der Waals surface area contributed by atoms with Crippen LogP contribution in [-0.4, -0.2) is 22.0 Å². The zero-order chi connectivity index (χ0) is 12.6. The highest BCUT2D eigenvalue weighted by Gasteiger charge is 2.49. The summed E-state index contributed by atoms with van der Waals surface area (Å²) < 4.78 is 61.5. The standard InChI is InChI=1S/C8H13F3O3SSi/c1-16(2)5-3-7(4-6-16)14-15(12,13)8(9,10)11/h3H,4-6H2,1-2H3. The molecule has 0 aromatic carbocycles. The van der Waals surface area contributed by atoms with E-state index in [1.165, 1.54) is 6.08 Å². The first kappa shape index (κ1) is 13.6. The quantitative estimate of drug-likeness (QED) is 0.442. The highest BCUT2D eigenvalue weighted by molar-refractivity contribution is 7.87. The molecule has 0 fully saturated rings. The summed E-state index contributed by atoms with van der Waals surface area (Å²) in [5.41, 5.74) is -5.35. The molecule has 0 bridgehead atoms. The predicted octanol–water partition coefficient (Wildman–Crippen LogP) is 2.85. The number of alkyl halides is 3. The van der Waals surface area contributed by atoms with E-state index in [-0.39, 0.29) is 12.2 Å². The van der Waals surface area contributed by atoms with E-state index in [2.05, 4.69) is 17.3 Å². The third-order valence-corrected chi connectivity index (χ3v) is 6.34. The molecule has 16 heavy (non-hydrogen) atoms. The van der Waals surface area contributed by atoms with Crippen LogP contribution in [0.4, 0.5) is 13.2 Å². The Morgan fingerprint density at radius 1 is 1.38 bits per heavy atom. The SMILES string of the molecule is C[Si]1(C)CC=C(OS(=O)(=O)C(F)(F)F)CC1. The number of hydrogen-bond acceptors (Lipinski definition) is 3. The molecule has 0 unspecified atom stereocenters. The molecule has 3 nitrogen and oxygen atoms in total. The molecule has 0 aliphatic carbocycles. The average Bonchev–Trinajstić information content (AvgIpc) is 2.06. The lowest BCUT2D eigenvalue weighted by Gasteiger charge is -2.26. The number of rotatable bonds is 2. The summed E-state index contributed by atoms with van der Waals surface area (Å²) in [6, 6.07) is 1.39. The van der Waals surface area contributed by atoms with E-state index in [1.807, 2.05) is 0 Å². The van der Waals surface area contributed by atoms with E-state index in [0.29, 0.717) is 6.04 Å². The molecule has 0 aromatic rings. The van der Waals surface area contributed by atoms with E-state index >= 15 is 0 Å². The van der Waals surface area contributed by atoms with Gasteiger partial charge in [-0.25, -0.2) is 0 Å². The predicted molar refractivity (Wildman–Crippen MR) is 55.9 cm³/mol. The molecule has 1 aliphatic rings. The van der Waals surface area contributed by atoms with Crippen molar-refractivity contribution in [3.05, 3.63) is 11.8 Å². The van der Waals surface area contributed by atoms with Crippen molar-refractivity contribution in [2.75, 3.05) is 0 Å². The summed E-state index contributed by atoms with van der Waals surface area (Å²) in [4.78, 5) is 0. The Balaban J connectivity index is 2.75. The van der Waals surface area contributed by atoms with E-state index in [1.54, 1.807) is 0 Å². The summed E-state index contributed by atoms with van der Waals surface area (Å²) in [7, 11) is -6.87. The smallest absolute Gasteiger partial charge is 0.381 e. The lowest BCUT2D eigenvalue weighted by molar-refractivity contribution is -0.0523. The second-order valence-corrected chi connectivity index (χ2v) is 11.3. The minimum Gasteiger partial charge on any atom is -0.381 e. The summed E-state index contributed by atoms with van der Waals surface area (Å²) in [6.45, 7) is 4.19. The van der Waals surface area contributed by atoms with Crippen LogP contribution in [0.5, 0.6) is 0 Å². The zero-order valence-electron chi connectivity index (χ0n) is 8.97. The summed E-state index contributed by atoms with van der Waals surface area (Å²) in [5.74, 6) is -0.0795. The molecule has 0 saturated heterocycles. The maximum Gasteiger partial charge on any atom is 0.534 e. The molecule has 0 radical (unpaired) electrons. The minimum atomic E-state index is -5.49. The van der Waals surface area contributed by atoms with Crippen LogP contribution in [0.1, 0.15) is 6.42 Å². The van der Waals surface area contributed by atoms with Gasteiger partial charge in [-0.2, -0.15) is 21.6 Å². The molecule has 0 aromatic heterocycles. The van der Waals surface area contributed by atoms with Crippen molar-refractivity contribution in [1.29, 1.82) is 0 Å². The van der Waals surface area contributed by atoms with Gasteiger partial charge in [-0.15, -0.1) is 0 Å². The molecule has 0 atom stereocenters. The molecular weight excluding hydrogens is 261 g/mol. The second-order valence-electron chi connectivity index (χ2n) is 4.52. The van der Waals surface area contributed by atoms with Crippen LogP contribution < -0.4 is 0 Å². The van der Waals surface area contributed by atoms with Gasteiger partial charge in [0.25, 0.3) is 0 Å². The summed E-state index contributed by atoms with van der Waals surface area (Å²) in [6.07, 6.45) is 1.74. The molecule has 0 saturated carbocycles. The Morgan fingerprint density at radius 3 is 2.31 bits per heavy atom. The van der Waals surface area contributed by atoms with Crippen molar-refractivity contribution < 1.29 is 25.8 Å². The Bertz CT molecular complexity index is 397. The molecular formula is C8H13F3O3SSi. The van der Waals surface area contributed by atoms with E-state index < -0.39 is 23.7 Å².